The number of amides is 1. The second kappa shape index (κ2) is 4.74. The van der Waals surface area contributed by atoms with Crippen molar-refractivity contribution < 1.29 is 4.79 Å². The largest absolute Gasteiger partial charge is 0.348 e. The SMILES string of the molecule is CC1(C)C(N)C(C)(C)C1NC(=O)c1cccc(I)c1. The number of halogens is 1. The van der Waals surface area contributed by atoms with Crippen molar-refractivity contribution in [3.05, 3.63) is 33.4 Å². The summed E-state index contributed by atoms with van der Waals surface area (Å²) in [6.07, 6.45) is 0. The summed E-state index contributed by atoms with van der Waals surface area (Å²) >= 11 is 2.21. The average Bonchev–Trinajstić information content (AvgIpc) is 2.34. The lowest BCUT2D eigenvalue weighted by atomic mass is 9.48. The molecule has 0 radical (unpaired) electrons. The quantitative estimate of drug-likeness (QED) is 0.785. The van der Waals surface area contributed by atoms with Crippen LogP contribution in [0.4, 0.5) is 0 Å². The standard InChI is InChI=1S/C15H21IN2O/c1-14(2)12(17)15(3,4)13(14)18-11(19)9-6-5-7-10(16)8-9/h5-8,12-13H,17H2,1-4H3,(H,18,19). The Morgan fingerprint density at radius 2 is 1.84 bits per heavy atom. The number of nitrogens with two attached hydrogens (primary N) is 1. The lowest BCUT2D eigenvalue weighted by Crippen LogP contribution is -2.76. The lowest BCUT2D eigenvalue weighted by molar-refractivity contribution is -0.0663. The Morgan fingerprint density at radius 3 is 2.37 bits per heavy atom. The van der Waals surface area contributed by atoms with Gasteiger partial charge in [0.2, 0.25) is 0 Å². The molecule has 1 amide bonds. The summed E-state index contributed by atoms with van der Waals surface area (Å²) in [7, 11) is 0. The van der Waals surface area contributed by atoms with Gasteiger partial charge in [0, 0.05) is 32.0 Å². The number of rotatable bonds is 2. The molecule has 0 aliphatic heterocycles. The zero-order chi connectivity index (χ0) is 14.4. The minimum Gasteiger partial charge on any atom is -0.348 e. The van der Waals surface area contributed by atoms with Gasteiger partial charge in [0.05, 0.1) is 0 Å². The second-order valence-electron chi connectivity index (χ2n) is 6.54. The fraction of sp³-hybridized carbons (Fsp3) is 0.533. The van der Waals surface area contributed by atoms with E-state index in [2.05, 4.69) is 55.6 Å². The predicted molar refractivity (Wildman–Crippen MR) is 86.0 cm³/mol. The first-order valence-corrected chi connectivity index (χ1v) is 7.57. The van der Waals surface area contributed by atoms with E-state index in [0.717, 1.165) is 3.57 Å². The summed E-state index contributed by atoms with van der Waals surface area (Å²) in [5.41, 5.74) is 6.78. The number of carbonyl (C=O) groups excluding carboxylic acids is 1. The van der Waals surface area contributed by atoms with E-state index in [1.54, 1.807) is 0 Å². The summed E-state index contributed by atoms with van der Waals surface area (Å²) in [6.45, 7) is 8.45. The van der Waals surface area contributed by atoms with Crippen molar-refractivity contribution in [2.75, 3.05) is 0 Å². The molecule has 1 fully saturated rings. The molecule has 19 heavy (non-hydrogen) atoms. The minimum absolute atomic E-state index is 0.0171. The highest BCUT2D eigenvalue weighted by atomic mass is 127. The predicted octanol–water partition coefficient (Wildman–Crippen LogP) is 2.78. The van der Waals surface area contributed by atoms with E-state index in [-0.39, 0.29) is 28.8 Å². The molecule has 0 aromatic heterocycles. The van der Waals surface area contributed by atoms with Crippen LogP contribution in [0.3, 0.4) is 0 Å². The second-order valence-corrected chi connectivity index (χ2v) is 7.78. The Hall–Kier alpha value is -0.620. The molecule has 1 saturated carbocycles. The Labute approximate surface area is 128 Å². The molecule has 0 atom stereocenters. The van der Waals surface area contributed by atoms with Gasteiger partial charge in [0.15, 0.2) is 0 Å². The average molecular weight is 372 g/mol. The maximum absolute atomic E-state index is 12.3. The summed E-state index contributed by atoms with van der Waals surface area (Å²) in [4.78, 5) is 12.3. The van der Waals surface area contributed by atoms with Crippen molar-refractivity contribution in [1.82, 2.24) is 5.32 Å². The minimum atomic E-state index is -0.0684. The molecule has 0 heterocycles. The molecule has 1 aliphatic rings. The first kappa shape index (κ1) is 14.8. The van der Waals surface area contributed by atoms with Crippen LogP contribution in [0.15, 0.2) is 24.3 Å². The van der Waals surface area contributed by atoms with Crippen LogP contribution in [0.5, 0.6) is 0 Å². The molecule has 1 aliphatic carbocycles. The van der Waals surface area contributed by atoms with Crippen molar-refractivity contribution >= 4 is 28.5 Å². The van der Waals surface area contributed by atoms with Crippen LogP contribution >= 0.6 is 22.6 Å². The van der Waals surface area contributed by atoms with Crippen LogP contribution in [0.1, 0.15) is 38.1 Å². The number of benzene rings is 1. The van der Waals surface area contributed by atoms with Gasteiger partial charge < -0.3 is 11.1 Å². The highest BCUT2D eigenvalue weighted by molar-refractivity contribution is 14.1. The maximum atomic E-state index is 12.3. The number of carbonyl (C=O) groups is 1. The molecular formula is C15H21IN2O. The molecule has 3 N–H and O–H groups in total. The van der Waals surface area contributed by atoms with Crippen molar-refractivity contribution in [1.29, 1.82) is 0 Å². The van der Waals surface area contributed by atoms with Crippen molar-refractivity contribution in [3.8, 4) is 0 Å². The smallest absolute Gasteiger partial charge is 0.251 e. The molecule has 2 rings (SSSR count). The maximum Gasteiger partial charge on any atom is 0.251 e. The molecule has 0 unspecified atom stereocenters. The molecule has 3 nitrogen and oxygen atoms in total. The Morgan fingerprint density at radius 1 is 1.26 bits per heavy atom. The molecule has 104 valence electrons. The van der Waals surface area contributed by atoms with Gasteiger partial charge in [-0.3, -0.25) is 4.79 Å². The molecule has 4 heteroatoms. The normalized spacial score (nSPS) is 27.5. The van der Waals surface area contributed by atoms with Gasteiger partial charge in [0.1, 0.15) is 0 Å². The van der Waals surface area contributed by atoms with Crippen molar-refractivity contribution in [3.63, 3.8) is 0 Å². The number of nitrogens with one attached hydrogen (secondary N) is 1. The van der Waals surface area contributed by atoms with E-state index in [0.29, 0.717) is 5.56 Å². The molecule has 1 aromatic rings. The van der Waals surface area contributed by atoms with E-state index in [1.807, 2.05) is 24.3 Å². The summed E-state index contributed by atoms with van der Waals surface area (Å²) < 4.78 is 1.06. The molecule has 1 aromatic carbocycles. The molecular weight excluding hydrogens is 351 g/mol. The molecule has 0 saturated heterocycles. The Bertz CT molecular complexity index is 495. The summed E-state index contributed by atoms with van der Waals surface area (Å²) in [5, 5.41) is 3.15. The van der Waals surface area contributed by atoms with E-state index in [4.69, 9.17) is 5.73 Å². The fourth-order valence-electron chi connectivity index (χ4n) is 3.40. The monoisotopic (exact) mass is 372 g/mol. The number of hydrogen-bond donors (Lipinski definition) is 2. The summed E-state index contributed by atoms with van der Waals surface area (Å²) in [6, 6.07) is 7.82. The van der Waals surface area contributed by atoms with E-state index in [1.165, 1.54) is 0 Å². The van der Waals surface area contributed by atoms with Gasteiger partial charge in [-0.1, -0.05) is 33.8 Å². The zero-order valence-corrected chi connectivity index (χ0v) is 14.0. The zero-order valence-electron chi connectivity index (χ0n) is 11.8. The highest BCUT2D eigenvalue weighted by Crippen LogP contribution is 2.52. The Balaban J connectivity index is 2.16. The lowest BCUT2D eigenvalue weighted by Gasteiger charge is -2.62. The van der Waals surface area contributed by atoms with Gasteiger partial charge >= 0.3 is 0 Å². The third kappa shape index (κ3) is 2.40. The summed E-state index contributed by atoms with van der Waals surface area (Å²) in [5.74, 6) is -0.0171. The van der Waals surface area contributed by atoms with Crippen LogP contribution < -0.4 is 11.1 Å². The van der Waals surface area contributed by atoms with E-state index < -0.39 is 0 Å². The van der Waals surface area contributed by atoms with Gasteiger partial charge in [-0.15, -0.1) is 0 Å². The highest BCUT2D eigenvalue weighted by Gasteiger charge is 2.60. The van der Waals surface area contributed by atoms with Gasteiger partial charge in [-0.2, -0.15) is 0 Å². The first-order valence-electron chi connectivity index (χ1n) is 6.49. The first-order chi connectivity index (χ1) is 8.67. The van der Waals surface area contributed by atoms with Crippen molar-refractivity contribution in [2.24, 2.45) is 16.6 Å². The van der Waals surface area contributed by atoms with Gasteiger partial charge in [-0.25, -0.2) is 0 Å². The van der Waals surface area contributed by atoms with Crippen LogP contribution in [0, 0.1) is 14.4 Å². The van der Waals surface area contributed by atoms with Gasteiger partial charge in [-0.05, 0) is 40.8 Å². The van der Waals surface area contributed by atoms with Gasteiger partial charge in [0.25, 0.3) is 5.91 Å². The molecule has 0 bridgehead atoms. The topological polar surface area (TPSA) is 55.1 Å². The third-order valence-corrected chi connectivity index (χ3v) is 5.12. The van der Waals surface area contributed by atoms with Crippen LogP contribution in [0.2, 0.25) is 0 Å². The van der Waals surface area contributed by atoms with Crippen molar-refractivity contribution in [2.45, 2.75) is 39.8 Å². The fourth-order valence-corrected chi connectivity index (χ4v) is 3.94. The third-order valence-electron chi connectivity index (χ3n) is 4.45. The molecule has 0 spiro atoms. The van der Waals surface area contributed by atoms with Crippen LogP contribution in [-0.4, -0.2) is 18.0 Å². The Kier molecular flexibility index (Phi) is 3.68. The van der Waals surface area contributed by atoms with E-state index in [9.17, 15) is 4.79 Å². The van der Waals surface area contributed by atoms with Crippen LogP contribution in [0.25, 0.3) is 0 Å². The van der Waals surface area contributed by atoms with E-state index >= 15 is 0 Å². The number of hydrogen-bond acceptors (Lipinski definition) is 2. The van der Waals surface area contributed by atoms with Crippen LogP contribution in [-0.2, 0) is 0 Å².